The number of aliphatic hydroxyl groups excluding tert-OH is 1. The molecule has 1 aromatic carbocycles. The van der Waals surface area contributed by atoms with E-state index in [2.05, 4.69) is 43.2 Å². The molecule has 0 amide bonds. The number of aliphatic hydroxyl groups is 1. The maximum Gasteiger partial charge on any atom is 0.0692 e. The summed E-state index contributed by atoms with van der Waals surface area (Å²) in [4.78, 5) is 0. The Bertz CT molecular complexity index is 570. The first kappa shape index (κ1) is 13.4. The summed E-state index contributed by atoms with van der Waals surface area (Å²) in [6.45, 7) is 4.22. The zero-order valence-electron chi connectivity index (χ0n) is 12.2. The van der Waals surface area contributed by atoms with Crippen molar-refractivity contribution in [1.29, 1.82) is 0 Å². The fourth-order valence-corrected chi connectivity index (χ4v) is 2.89. The van der Waals surface area contributed by atoms with Crippen molar-refractivity contribution in [2.24, 2.45) is 0 Å². The van der Waals surface area contributed by atoms with Gasteiger partial charge in [0, 0.05) is 24.1 Å². The smallest absolute Gasteiger partial charge is 0.0692 e. The molecular weight excluding hydrogens is 248 g/mol. The summed E-state index contributed by atoms with van der Waals surface area (Å²) in [6.07, 6.45) is 4.43. The molecule has 1 atom stereocenters. The van der Waals surface area contributed by atoms with E-state index in [4.69, 9.17) is 0 Å². The van der Waals surface area contributed by atoms with Crippen molar-refractivity contribution in [2.75, 3.05) is 0 Å². The summed E-state index contributed by atoms with van der Waals surface area (Å²) in [6, 6.07) is 12.8. The molecule has 1 aliphatic carbocycles. The van der Waals surface area contributed by atoms with Gasteiger partial charge in [0.15, 0.2) is 0 Å². The Morgan fingerprint density at radius 3 is 2.45 bits per heavy atom. The highest BCUT2D eigenvalue weighted by atomic mass is 16.3. The molecule has 0 saturated heterocycles. The van der Waals surface area contributed by atoms with Crippen molar-refractivity contribution >= 4 is 0 Å². The zero-order valence-corrected chi connectivity index (χ0v) is 12.2. The minimum Gasteiger partial charge on any atom is -0.392 e. The number of hydrogen-bond donors (Lipinski definition) is 1. The van der Waals surface area contributed by atoms with Crippen LogP contribution in [-0.4, -0.2) is 21.0 Å². The van der Waals surface area contributed by atoms with Crippen molar-refractivity contribution in [2.45, 2.75) is 50.7 Å². The molecule has 2 aromatic rings. The van der Waals surface area contributed by atoms with Gasteiger partial charge in [0.1, 0.15) is 0 Å². The van der Waals surface area contributed by atoms with Crippen LogP contribution < -0.4 is 0 Å². The Morgan fingerprint density at radius 2 is 1.90 bits per heavy atom. The minimum atomic E-state index is -0.347. The van der Waals surface area contributed by atoms with Crippen molar-refractivity contribution in [3.63, 3.8) is 0 Å². The van der Waals surface area contributed by atoms with E-state index in [-0.39, 0.29) is 11.5 Å². The molecule has 1 saturated carbocycles. The second kappa shape index (κ2) is 5.06. The summed E-state index contributed by atoms with van der Waals surface area (Å²) < 4.78 is 1.95. The van der Waals surface area contributed by atoms with E-state index in [9.17, 15) is 5.11 Å². The predicted molar refractivity (Wildman–Crippen MR) is 79.7 cm³/mol. The van der Waals surface area contributed by atoms with Crippen molar-refractivity contribution in [3.8, 4) is 0 Å². The third-order valence-corrected chi connectivity index (χ3v) is 4.37. The van der Waals surface area contributed by atoms with Gasteiger partial charge in [-0.3, -0.25) is 4.68 Å². The zero-order chi connectivity index (χ0) is 14.2. The molecule has 3 heteroatoms. The van der Waals surface area contributed by atoms with Crippen LogP contribution in [0.2, 0.25) is 0 Å². The molecule has 20 heavy (non-hydrogen) atoms. The van der Waals surface area contributed by atoms with Gasteiger partial charge in [-0.25, -0.2) is 0 Å². The third-order valence-electron chi connectivity index (χ3n) is 4.37. The van der Waals surface area contributed by atoms with Gasteiger partial charge in [0.05, 0.1) is 11.8 Å². The van der Waals surface area contributed by atoms with Gasteiger partial charge in [0.2, 0.25) is 0 Å². The summed E-state index contributed by atoms with van der Waals surface area (Å²) >= 11 is 0. The molecule has 3 nitrogen and oxygen atoms in total. The van der Waals surface area contributed by atoms with Crippen LogP contribution in [0.3, 0.4) is 0 Å². The molecule has 1 heterocycles. The van der Waals surface area contributed by atoms with Gasteiger partial charge in [-0.15, -0.1) is 0 Å². The van der Waals surface area contributed by atoms with Crippen molar-refractivity contribution in [3.05, 3.63) is 53.9 Å². The van der Waals surface area contributed by atoms with Crippen LogP contribution >= 0.6 is 0 Å². The van der Waals surface area contributed by atoms with Crippen LogP contribution in [0.5, 0.6) is 0 Å². The first-order chi connectivity index (χ1) is 9.62. The molecule has 106 valence electrons. The molecule has 1 unspecified atom stereocenters. The quantitative estimate of drug-likeness (QED) is 0.906. The first-order valence-electron chi connectivity index (χ1n) is 7.39. The lowest BCUT2D eigenvalue weighted by Crippen LogP contribution is -2.28. The van der Waals surface area contributed by atoms with Crippen molar-refractivity contribution in [1.82, 2.24) is 9.78 Å². The number of nitrogens with zero attached hydrogens (tertiary/aromatic N) is 2. The molecule has 1 aromatic heterocycles. The molecule has 3 rings (SSSR count). The average molecular weight is 270 g/mol. The molecule has 1 aliphatic rings. The molecule has 1 N–H and O–H groups in total. The lowest BCUT2D eigenvalue weighted by molar-refractivity contribution is 0.130. The standard InChI is InChI=1S/C17H22N2O/c1-13(2)19-11-8-15(18-19)12-16(20)17(9-10-17)14-6-4-3-5-7-14/h3-8,11,13,16,20H,9-10,12H2,1-2H3. The Morgan fingerprint density at radius 1 is 1.20 bits per heavy atom. The third kappa shape index (κ3) is 2.38. The Kier molecular flexibility index (Phi) is 3.38. The number of rotatable bonds is 5. The van der Waals surface area contributed by atoms with E-state index >= 15 is 0 Å². The van der Waals surface area contributed by atoms with Crippen LogP contribution in [-0.2, 0) is 11.8 Å². The molecule has 0 bridgehead atoms. The molecule has 1 fully saturated rings. The van der Waals surface area contributed by atoms with E-state index in [1.165, 1.54) is 5.56 Å². The number of aromatic nitrogens is 2. The second-order valence-electron chi connectivity index (χ2n) is 6.12. The van der Waals surface area contributed by atoms with Crippen LogP contribution in [0.4, 0.5) is 0 Å². The van der Waals surface area contributed by atoms with Crippen molar-refractivity contribution < 1.29 is 5.11 Å². The summed E-state index contributed by atoms with van der Waals surface area (Å²) in [5.41, 5.74) is 2.20. The van der Waals surface area contributed by atoms with Crippen LogP contribution in [0.15, 0.2) is 42.6 Å². The topological polar surface area (TPSA) is 38.0 Å². The van der Waals surface area contributed by atoms with E-state index < -0.39 is 0 Å². The second-order valence-corrected chi connectivity index (χ2v) is 6.12. The highest BCUT2D eigenvalue weighted by Crippen LogP contribution is 2.51. The fraction of sp³-hybridized carbons (Fsp3) is 0.471. The lowest BCUT2D eigenvalue weighted by atomic mass is 9.87. The Balaban J connectivity index is 1.74. The fourth-order valence-electron chi connectivity index (χ4n) is 2.89. The van der Waals surface area contributed by atoms with Crippen LogP contribution in [0.1, 0.15) is 44.0 Å². The number of benzene rings is 1. The van der Waals surface area contributed by atoms with Gasteiger partial charge in [0.25, 0.3) is 0 Å². The normalized spacial score (nSPS) is 18.2. The molecule has 0 aliphatic heterocycles. The van der Waals surface area contributed by atoms with E-state index in [1.807, 2.05) is 23.0 Å². The van der Waals surface area contributed by atoms with E-state index in [0.29, 0.717) is 12.5 Å². The maximum absolute atomic E-state index is 10.6. The predicted octanol–water partition coefficient (Wildman–Crippen LogP) is 3.10. The van der Waals surface area contributed by atoms with Gasteiger partial charge >= 0.3 is 0 Å². The summed E-state index contributed by atoms with van der Waals surface area (Å²) in [5, 5.41) is 15.2. The summed E-state index contributed by atoms with van der Waals surface area (Å²) in [7, 11) is 0. The Labute approximate surface area is 120 Å². The minimum absolute atomic E-state index is 0.0388. The monoisotopic (exact) mass is 270 g/mol. The SMILES string of the molecule is CC(C)n1ccc(CC(O)C2(c3ccccc3)CC2)n1. The van der Waals surface area contributed by atoms with Gasteiger partial charge < -0.3 is 5.11 Å². The lowest BCUT2D eigenvalue weighted by Gasteiger charge is -2.22. The van der Waals surface area contributed by atoms with Crippen LogP contribution in [0, 0.1) is 0 Å². The summed E-state index contributed by atoms with van der Waals surface area (Å²) in [5.74, 6) is 0. The molecule has 0 spiro atoms. The van der Waals surface area contributed by atoms with E-state index in [0.717, 1.165) is 18.5 Å². The van der Waals surface area contributed by atoms with Crippen LogP contribution in [0.25, 0.3) is 0 Å². The highest BCUT2D eigenvalue weighted by molar-refractivity contribution is 5.33. The molecule has 0 radical (unpaired) electrons. The van der Waals surface area contributed by atoms with E-state index in [1.54, 1.807) is 0 Å². The highest BCUT2D eigenvalue weighted by Gasteiger charge is 2.50. The van der Waals surface area contributed by atoms with Gasteiger partial charge in [-0.2, -0.15) is 5.10 Å². The maximum atomic E-state index is 10.6. The number of hydrogen-bond acceptors (Lipinski definition) is 2. The van der Waals surface area contributed by atoms with Gasteiger partial charge in [-0.1, -0.05) is 30.3 Å². The van der Waals surface area contributed by atoms with Gasteiger partial charge in [-0.05, 0) is 38.3 Å². The Hall–Kier alpha value is -1.61. The largest absolute Gasteiger partial charge is 0.392 e. The molecular formula is C17H22N2O. The average Bonchev–Trinajstić information content (AvgIpc) is 3.14. The first-order valence-corrected chi connectivity index (χ1v) is 7.39.